The molecular weight excluding hydrogens is 563 g/mol. The summed E-state index contributed by atoms with van der Waals surface area (Å²) in [6.45, 7) is 0. The maximum atomic E-state index is 9.45. The highest BCUT2D eigenvalue weighted by molar-refractivity contribution is 7.25. The summed E-state index contributed by atoms with van der Waals surface area (Å²) >= 11 is 1.78. The molecule has 0 saturated carbocycles. The van der Waals surface area contributed by atoms with Crippen LogP contribution in [-0.2, 0) is 0 Å². The minimum Gasteiger partial charge on any atom is -0.192 e. The number of rotatable bonds is 3. The number of nitriles is 1. The quantitative estimate of drug-likeness (QED) is 0.189. The predicted molar refractivity (Wildman–Crippen MR) is 193 cm³/mol. The van der Waals surface area contributed by atoms with Crippen LogP contribution in [0.4, 0.5) is 0 Å². The van der Waals surface area contributed by atoms with Crippen LogP contribution in [0.5, 0.6) is 0 Å². The lowest BCUT2D eigenvalue weighted by molar-refractivity contribution is 1.50. The summed E-state index contributed by atoms with van der Waals surface area (Å²) in [7, 11) is 0. The first kappa shape index (κ1) is 25.7. The summed E-state index contributed by atoms with van der Waals surface area (Å²) in [5, 5.41) is 19.4. The van der Waals surface area contributed by atoms with E-state index in [9.17, 15) is 5.26 Å². The fourth-order valence-corrected chi connectivity index (χ4v) is 7.98. The van der Waals surface area contributed by atoms with Crippen LogP contribution < -0.4 is 0 Å². The average Bonchev–Trinajstić information content (AvgIpc) is 3.48. The Hall–Kier alpha value is -5.75. The van der Waals surface area contributed by atoms with E-state index in [2.05, 4.69) is 146 Å². The Kier molecular flexibility index (Phi) is 5.81. The van der Waals surface area contributed by atoms with Crippen molar-refractivity contribution in [1.29, 1.82) is 5.26 Å². The first-order valence-electron chi connectivity index (χ1n) is 15.1. The van der Waals surface area contributed by atoms with Crippen molar-refractivity contribution in [2.24, 2.45) is 0 Å². The molecule has 0 amide bonds. The first-order valence-corrected chi connectivity index (χ1v) is 16.0. The second-order valence-corrected chi connectivity index (χ2v) is 12.7. The van der Waals surface area contributed by atoms with E-state index >= 15 is 0 Å². The molecule has 0 aliphatic heterocycles. The highest BCUT2D eigenvalue weighted by atomic mass is 32.1. The van der Waals surface area contributed by atoms with E-state index in [1.807, 2.05) is 12.1 Å². The van der Waals surface area contributed by atoms with Gasteiger partial charge in [-0.05, 0) is 108 Å². The third-order valence-electron chi connectivity index (χ3n) is 9.09. The number of hydrogen-bond donors (Lipinski definition) is 0. The van der Waals surface area contributed by atoms with Gasteiger partial charge in [-0.2, -0.15) is 5.26 Å². The lowest BCUT2D eigenvalue weighted by Crippen LogP contribution is -1.89. The Bertz CT molecular complexity index is 2640. The number of benzene rings is 8. The largest absolute Gasteiger partial charge is 0.192 e. The van der Waals surface area contributed by atoms with E-state index < -0.39 is 0 Å². The Morgan fingerprint density at radius 3 is 1.47 bits per heavy atom. The molecule has 0 aliphatic rings. The van der Waals surface area contributed by atoms with E-state index in [1.54, 1.807) is 11.3 Å². The summed E-state index contributed by atoms with van der Waals surface area (Å²) in [6, 6.07) is 57.0. The van der Waals surface area contributed by atoms with Crippen LogP contribution in [0.1, 0.15) is 5.56 Å². The number of fused-ring (bicyclic) bond motifs is 8. The molecule has 0 spiro atoms. The van der Waals surface area contributed by atoms with Gasteiger partial charge in [-0.15, -0.1) is 11.3 Å². The van der Waals surface area contributed by atoms with E-state index in [4.69, 9.17) is 0 Å². The Balaban J connectivity index is 1.21. The molecule has 0 atom stereocenters. The molecule has 8 aromatic carbocycles. The maximum Gasteiger partial charge on any atom is 0.0991 e. The smallest absolute Gasteiger partial charge is 0.0991 e. The number of nitrogens with zero attached hydrogens (tertiary/aromatic N) is 1. The molecule has 0 aliphatic carbocycles. The van der Waals surface area contributed by atoms with Gasteiger partial charge in [-0.25, -0.2) is 0 Å². The SMILES string of the molecule is N#Cc1ccc2sc3ccc(-c4ccc(-c5cc6c7ccccc7c(-c7ccccc7)cc6c6ccccc56)cc4)cc3c2c1. The second-order valence-electron chi connectivity index (χ2n) is 11.6. The van der Waals surface area contributed by atoms with Crippen LogP contribution >= 0.6 is 11.3 Å². The van der Waals surface area contributed by atoms with Gasteiger partial charge in [0.1, 0.15) is 0 Å². The number of hydrogen-bond acceptors (Lipinski definition) is 2. The standard InChI is InChI=1S/C43H25NS/c44-26-27-14-20-42-40(22-27)41-23-31(19-21-43(41)45-42)28-15-17-30(18-16-28)37-25-39-34-12-6-4-10-32(34)36(29-8-2-1-3-9-29)24-38(39)35-13-7-5-11-33(35)37/h1-25H. The van der Waals surface area contributed by atoms with Crippen molar-refractivity contribution in [2.45, 2.75) is 0 Å². The van der Waals surface area contributed by atoms with Crippen molar-refractivity contribution in [3.8, 4) is 39.4 Å². The van der Waals surface area contributed by atoms with Crippen LogP contribution in [0.2, 0.25) is 0 Å². The maximum absolute atomic E-state index is 9.45. The van der Waals surface area contributed by atoms with E-state index in [1.165, 1.54) is 80.5 Å². The molecule has 0 unspecified atom stereocenters. The molecule has 1 aromatic heterocycles. The van der Waals surface area contributed by atoms with Gasteiger partial charge in [0.25, 0.3) is 0 Å². The van der Waals surface area contributed by atoms with Crippen molar-refractivity contribution < 1.29 is 0 Å². The lowest BCUT2D eigenvalue weighted by Gasteiger charge is -2.16. The van der Waals surface area contributed by atoms with Gasteiger partial charge in [0.2, 0.25) is 0 Å². The molecule has 9 aromatic rings. The van der Waals surface area contributed by atoms with Gasteiger partial charge in [-0.3, -0.25) is 0 Å². The molecule has 9 rings (SSSR count). The van der Waals surface area contributed by atoms with Gasteiger partial charge in [0.05, 0.1) is 11.6 Å². The van der Waals surface area contributed by atoms with Crippen molar-refractivity contribution in [1.82, 2.24) is 0 Å². The van der Waals surface area contributed by atoms with Crippen LogP contribution in [0, 0.1) is 11.3 Å². The van der Waals surface area contributed by atoms with Gasteiger partial charge in [0.15, 0.2) is 0 Å². The zero-order chi connectivity index (χ0) is 29.9. The van der Waals surface area contributed by atoms with Crippen molar-refractivity contribution in [3.63, 3.8) is 0 Å². The summed E-state index contributed by atoms with van der Waals surface area (Å²) in [5.41, 5.74) is 8.00. The van der Waals surface area contributed by atoms with Gasteiger partial charge in [0, 0.05) is 20.2 Å². The predicted octanol–water partition coefficient (Wildman–Crippen LogP) is 12.4. The molecular formula is C43H25NS. The third kappa shape index (κ3) is 4.14. The summed E-state index contributed by atoms with van der Waals surface area (Å²) in [5.74, 6) is 0. The van der Waals surface area contributed by atoms with Crippen molar-refractivity contribution in [2.75, 3.05) is 0 Å². The summed E-state index contributed by atoms with van der Waals surface area (Å²) < 4.78 is 2.45. The van der Waals surface area contributed by atoms with Crippen LogP contribution in [0.3, 0.4) is 0 Å². The van der Waals surface area contributed by atoms with Crippen molar-refractivity contribution >= 4 is 63.8 Å². The van der Waals surface area contributed by atoms with E-state index in [-0.39, 0.29) is 0 Å². The normalized spacial score (nSPS) is 11.5. The zero-order valence-electron chi connectivity index (χ0n) is 24.3. The summed E-state index contributed by atoms with van der Waals surface area (Å²) in [4.78, 5) is 0. The highest BCUT2D eigenvalue weighted by Gasteiger charge is 2.15. The second kappa shape index (κ2) is 10.2. The Labute approximate surface area is 264 Å². The van der Waals surface area contributed by atoms with E-state index in [0.717, 1.165) is 5.39 Å². The molecule has 0 saturated heterocycles. The van der Waals surface area contributed by atoms with Crippen molar-refractivity contribution in [3.05, 3.63) is 157 Å². The van der Waals surface area contributed by atoms with Crippen LogP contribution in [0.15, 0.2) is 152 Å². The van der Waals surface area contributed by atoms with E-state index in [0.29, 0.717) is 5.56 Å². The molecule has 0 radical (unpaired) electrons. The van der Waals surface area contributed by atoms with Gasteiger partial charge < -0.3 is 0 Å². The topological polar surface area (TPSA) is 23.8 Å². The van der Waals surface area contributed by atoms with Crippen LogP contribution in [0.25, 0.3) is 85.9 Å². The molecule has 0 bridgehead atoms. The lowest BCUT2D eigenvalue weighted by atomic mass is 9.87. The molecule has 1 nitrogen and oxygen atoms in total. The number of thiophene rings is 1. The Morgan fingerprint density at radius 2 is 0.844 bits per heavy atom. The fourth-order valence-electron chi connectivity index (χ4n) is 6.92. The van der Waals surface area contributed by atoms with Gasteiger partial charge >= 0.3 is 0 Å². The Morgan fingerprint density at radius 1 is 0.356 bits per heavy atom. The minimum atomic E-state index is 0.698. The highest BCUT2D eigenvalue weighted by Crippen LogP contribution is 2.42. The fraction of sp³-hybridized carbons (Fsp3) is 0. The minimum absolute atomic E-state index is 0.698. The molecule has 1 heterocycles. The molecule has 2 heteroatoms. The molecule has 0 N–H and O–H groups in total. The average molecular weight is 588 g/mol. The zero-order valence-corrected chi connectivity index (χ0v) is 25.1. The molecule has 0 fully saturated rings. The van der Waals surface area contributed by atoms with Gasteiger partial charge in [-0.1, -0.05) is 109 Å². The summed E-state index contributed by atoms with van der Waals surface area (Å²) in [6.07, 6.45) is 0. The first-order chi connectivity index (χ1) is 22.2. The van der Waals surface area contributed by atoms with Crippen LogP contribution in [-0.4, -0.2) is 0 Å². The molecule has 208 valence electrons. The third-order valence-corrected chi connectivity index (χ3v) is 10.2. The monoisotopic (exact) mass is 587 g/mol. The molecule has 45 heavy (non-hydrogen) atoms.